The van der Waals surface area contributed by atoms with Crippen LogP contribution in [0.5, 0.6) is 0 Å². The average molecular weight is 346 g/mol. The number of rotatable bonds is 10. The number of hydrogen-bond donors (Lipinski definition) is 0. The minimum atomic E-state index is -1.29. The highest BCUT2D eigenvalue weighted by Crippen LogP contribution is 2.37. The van der Waals surface area contributed by atoms with Crippen LogP contribution in [-0.2, 0) is 29.4 Å². The molecule has 5 heteroatoms. The third-order valence-electron chi connectivity index (χ3n) is 4.19. The smallest absolute Gasteiger partial charge is 0.343 e. The molecular formula is C20H26O5. The highest BCUT2D eigenvalue weighted by Gasteiger charge is 2.49. The van der Waals surface area contributed by atoms with Gasteiger partial charge in [0.05, 0.1) is 12.9 Å². The van der Waals surface area contributed by atoms with E-state index in [0.29, 0.717) is 18.6 Å². The van der Waals surface area contributed by atoms with Crippen LogP contribution >= 0.6 is 0 Å². The summed E-state index contributed by atoms with van der Waals surface area (Å²) in [6.07, 6.45) is 5.14. The largest absolute Gasteiger partial charge is 0.482 e. The van der Waals surface area contributed by atoms with Gasteiger partial charge in [-0.2, -0.15) is 0 Å². The lowest BCUT2D eigenvalue weighted by atomic mass is 9.84. The van der Waals surface area contributed by atoms with Crippen molar-refractivity contribution in [2.24, 2.45) is 0 Å². The monoisotopic (exact) mass is 346 g/mol. The number of carbonyl (C=O) groups is 2. The highest BCUT2D eigenvalue weighted by molar-refractivity contribution is 6.07. The zero-order valence-corrected chi connectivity index (χ0v) is 14.9. The van der Waals surface area contributed by atoms with Crippen molar-refractivity contribution < 1.29 is 23.8 Å². The van der Waals surface area contributed by atoms with E-state index in [2.05, 4.69) is 6.92 Å². The van der Waals surface area contributed by atoms with Gasteiger partial charge >= 0.3 is 5.97 Å². The van der Waals surface area contributed by atoms with E-state index >= 15 is 0 Å². The maximum Gasteiger partial charge on any atom is 0.343 e. The van der Waals surface area contributed by atoms with Crippen LogP contribution < -0.4 is 0 Å². The van der Waals surface area contributed by atoms with Crippen molar-refractivity contribution in [3.05, 3.63) is 48.2 Å². The Balaban J connectivity index is 2.18. The molecule has 25 heavy (non-hydrogen) atoms. The molecule has 1 heterocycles. The van der Waals surface area contributed by atoms with Gasteiger partial charge in [0, 0.05) is 18.6 Å². The van der Waals surface area contributed by atoms with Crippen LogP contribution in [-0.4, -0.2) is 31.1 Å². The van der Waals surface area contributed by atoms with Crippen LogP contribution in [0.2, 0.25) is 0 Å². The normalized spacial score (nSPS) is 20.1. The number of ether oxygens (including phenoxy) is 3. The molecule has 136 valence electrons. The standard InChI is InChI=1S/C20H26O5/c1-3-5-9-14-24-19(22)17(23-4-2)18(21)20(13-10-15-25-20)16-11-7-6-8-12-16/h6-8,10-12,15,17H,3-5,9,13-14H2,1-2H3. The van der Waals surface area contributed by atoms with Gasteiger partial charge in [0.25, 0.3) is 0 Å². The van der Waals surface area contributed by atoms with Crippen molar-refractivity contribution in [2.45, 2.75) is 51.2 Å². The van der Waals surface area contributed by atoms with E-state index in [0.717, 1.165) is 19.3 Å². The molecule has 1 aliphatic heterocycles. The molecule has 1 aromatic rings. The van der Waals surface area contributed by atoms with Crippen LogP contribution in [0.4, 0.5) is 0 Å². The Morgan fingerprint density at radius 1 is 1.20 bits per heavy atom. The fourth-order valence-electron chi connectivity index (χ4n) is 2.85. The van der Waals surface area contributed by atoms with Gasteiger partial charge in [0.2, 0.25) is 11.9 Å². The summed E-state index contributed by atoms with van der Waals surface area (Å²) in [4.78, 5) is 25.6. The number of Topliss-reactive ketones (excluding diaryl/α,β-unsaturated/α-hetero) is 1. The summed E-state index contributed by atoms with van der Waals surface area (Å²) in [5.74, 6) is -1.07. The minimum absolute atomic E-state index is 0.235. The molecule has 2 unspecified atom stereocenters. The maximum atomic E-state index is 13.2. The molecule has 0 aromatic heterocycles. The zero-order valence-electron chi connectivity index (χ0n) is 14.9. The second kappa shape index (κ2) is 9.37. The lowest BCUT2D eigenvalue weighted by Gasteiger charge is -2.30. The molecule has 1 aromatic carbocycles. The first-order valence-corrected chi connectivity index (χ1v) is 8.86. The summed E-state index contributed by atoms with van der Waals surface area (Å²) in [7, 11) is 0. The van der Waals surface area contributed by atoms with E-state index < -0.39 is 23.5 Å². The average Bonchev–Trinajstić information content (AvgIpc) is 3.14. The minimum Gasteiger partial charge on any atom is -0.482 e. The quantitative estimate of drug-likeness (QED) is 0.368. The van der Waals surface area contributed by atoms with Gasteiger partial charge in [0.15, 0.2) is 5.60 Å². The van der Waals surface area contributed by atoms with E-state index in [-0.39, 0.29) is 6.61 Å². The molecule has 0 fully saturated rings. The lowest BCUT2D eigenvalue weighted by Crippen LogP contribution is -2.47. The molecule has 0 saturated heterocycles. The van der Waals surface area contributed by atoms with Crippen molar-refractivity contribution in [1.29, 1.82) is 0 Å². The lowest BCUT2D eigenvalue weighted by molar-refractivity contribution is -0.169. The Morgan fingerprint density at radius 2 is 1.96 bits per heavy atom. The molecule has 0 aliphatic carbocycles. The number of carbonyl (C=O) groups excluding carboxylic acids is 2. The summed E-state index contributed by atoms with van der Waals surface area (Å²) in [6, 6.07) is 9.18. The first kappa shape index (κ1) is 19.2. The van der Waals surface area contributed by atoms with Gasteiger partial charge < -0.3 is 14.2 Å². The van der Waals surface area contributed by atoms with Gasteiger partial charge in [0.1, 0.15) is 0 Å². The third kappa shape index (κ3) is 4.48. The second-order valence-corrected chi connectivity index (χ2v) is 5.96. The van der Waals surface area contributed by atoms with Crippen molar-refractivity contribution in [3.63, 3.8) is 0 Å². The molecule has 0 bridgehead atoms. The SMILES string of the molecule is CCCCCOC(=O)C(OCC)C(=O)C1(c2ccccc2)CC=CO1. The predicted octanol–water partition coefficient (Wildman–Crippen LogP) is 3.52. The predicted molar refractivity (Wildman–Crippen MR) is 93.9 cm³/mol. The van der Waals surface area contributed by atoms with Crippen molar-refractivity contribution in [3.8, 4) is 0 Å². The second-order valence-electron chi connectivity index (χ2n) is 5.96. The molecule has 5 nitrogen and oxygen atoms in total. The van der Waals surface area contributed by atoms with Gasteiger partial charge in [-0.15, -0.1) is 0 Å². The molecule has 0 saturated carbocycles. The Hall–Kier alpha value is -2.14. The fraction of sp³-hybridized carbons (Fsp3) is 0.500. The summed E-state index contributed by atoms with van der Waals surface area (Å²) in [5, 5.41) is 0. The molecule has 0 amide bonds. The summed E-state index contributed by atoms with van der Waals surface area (Å²) >= 11 is 0. The van der Waals surface area contributed by atoms with E-state index in [1.54, 1.807) is 13.0 Å². The number of unbranched alkanes of at least 4 members (excludes halogenated alkanes) is 2. The zero-order chi connectivity index (χ0) is 18.1. The van der Waals surface area contributed by atoms with Crippen molar-refractivity contribution in [2.75, 3.05) is 13.2 Å². The van der Waals surface area contributed by atoms with Crippen LogP contribution in [0.3, 0.4) is 0 Å². The van der Waals surface area contributed by atoms with Gasteiger partial charge in [-0.05, 0) is 19.4 Å². The van der Waals surface area contributed by atoms with Crippen LogP contribution in [0.1, 0.15) is 45.1 Å². The molecule has 0 radical (unpaired) electrons. The van der Waals surface area contributed by atoms with Crippen LogP contribution in [0.15, 0.2) is 42.7 Å². The van der Waals surface area contributed by atoms with Gasteiger partial charge in [-0.3, -0.25) is 4.79 Å². The molecule has 2 rings (SSSR count). The van der Waals surface area contributed by atoms with Gasteiger partial charge in [-0.25, -0.2) is 4.79 Å². The first-order chi connectivity index (χ1) is 12.2. The number of ketones is 1. The summed E-state index contributed by atoms with van der Waals surface area (Å²) < 4.78 is 16.4. The first-order valence-electron chi connectivity index (χ1n) is 8.86. The Labute approximate surface area is 149 Å². The van der Waals surface area contributed by atoms with E-state index in [9.17, 15) is 9.59 Å². The highest BCUT2D eigenvalue weighted by atomic mass is 16.6. The van der Waals surface area contributed by atoms with Crippen LogP contribution in [0.25, 0.3) is 0 Å². The Bertz CT molecular complexity index is 585. The summed E-state index contributed by atoms with van der Waals surface area (Å²) in [6.45, 7) is 4.34. The number of hydrogen-bond acceptors (Lipinski definition) is 5. The molecule has 0 N–H and O–H groups in total. The third-order valence-corrected chi connectivity index (χ3v) is 4.19. The van der Waals surface area contributed by atoms with Crippen molar-refractivity contribution in [1.82, 2.24) is 0 Å². The Kier molecular flexibility index (Phi) is 7.19. The number of esters is 1. The fourth-order valence-corrected chi connectivity index (χ4v) is 2.85. The van der Waals surface area contributed by atoms with Gasteiger partial charge in [-0.1, -0.05) is 50.1 Å². The molecule has 1 aliphatic rings. The summed E-state index contributed by atoms with van der Waals surface area (Å²) in [5.41, 5.74) is -0.530. The number of benzene rings is 1. The topological polar surface area (TPSA) is 61.8 Å². The Morgan fingerprint density at radius 3 is 2.56 bits per heavy atom. The van der Waals surface area contributed by atoms with Crippen LogP contribution in [0, 0.1) is 0 Å². The van der Waals surface area contributed by atoms with E-state index in [4.69, 9.17) is 14.2 Å². The molecule has 2 atom stereocenters. The maximum absolute atomic E-state index is 13.2. The molecular weight excluding hydrogens is 320 g/mol. The van der Waals surface area contributed by atoms with E-state index in [1.807, 2.05) is 30.3 Å². The van der Waals surface area contributed by atoms with Crippen molar-refractivity contribution >= 4 is 11.8 Å². The van der Waals surface area contributed by atoms with E-state index in [1.165, 1.54) is 6.26 Å². The molecule has 0 spiro atoms.